The molecule has 0 heterocycles. The molecule has 1 atom stereocenters. The van der Waals surface area contributed by atoms with Gasteiger partial charge in [-0.3, -0.25) is 0 Å². The van der Waals surface area contributed by atoms with Crippen LogP contribution in [0.15, 0.2) is 22.7 Å². The molecule has 1 aromatic rings. The molecule has 0 radical (unpaired) electrons. The number of aryl methyl sites for hydroxylation is 1. The van der Waals surface area contributed by atoms with Crippen molar-refractivity contribution in [2.24, 2.45) is 5.73 Å². The maximum Gasteiger partial charge on any atom is 0.0655 e. The minimum absolute atomic E-state index is 0.0562. The lowest BCUT2D eigenvalue weighted by Crippen LogP contribution is -2.16. The predicted octanol–water partition coefficient (Wildman–Crippen LogP) is 2.40. The number of hydrogen-bond acceptors (Lipinski definition) is 2. The Morgan fingerprint density at radius 2 is 2.23 bits per heavy atom. The van der Waals surface area contributed by atoms with Gasteiger partial charge in [0.1, 0.15) is 0 Å². The first-order valence-electron chi connectivity index (χ1n) is 4.15. The molecule has 0 spiro atoms. The van der Waals surface area contributed by atoms with Crippen molar-refractivity contribution in [1.82, 2.24) is 0 Å². The van der Waals surface area contributed by atoms with Crippen LogP contribution in [-0.4, -0.2) is 13.7 Å². The number of rotatable bonds is 3. The highest BCUT2D eigenvalue weighted by molar-refractivity contribution is 9.10. The average molecular weight is 244 g/mol. The summed E-state index contributed by atoms with van der Waals surface area (Å²) in [6, 6.07) is 6.08. The average Bonchev–Trinajstić information content (AvgIpc) is 2.09. The van der Waals surface area contributed by atoms with Crippen molar-refractivity contribution in [2.45, 2.75) is 13.0 Å². The third-order valence-electron chi connectivity index (χ3n) is 1.90. The maximum atomic E-state index is 5.92. The molecule has 1 aromatic carbocycles. The van der Waals surface area contributed by atoms with Crippen molar-refractivity contribution in [2.75, 3.05) is 13.7 Å². The fourth-order valence-electron chi connectivity index (χ4n) is 1.22. The first kappa shape index (κ1) is 10.7. The standard InChI is InChI=1S/C10H14BrNO/c1-7-3-4-9(11)8(5-7)10(12)6-13-2/h3-5,10H,6,12H2,1-2H3. The minimum Gasteiger partial charge on any atom is -0.383 e. The molecule has 3 heteroatoms. The molecule has 1 unspecified atom stereocenters. The van der Waals surface area contributed by atoms with Crippen molar-refractivity contribution in [3.63, 3.8) is 0 Å². The van der Waals surface area contributed by atoms with E-state index < -0.39 is 0 Å². The zero-order chi connectivity index (χ0) is 9.84. The van der Waals surface area contributed by atoms with Gasteiger partial charge in [-0.25, -0.2) is 0 Å². The highest BCUT2D eigenvalue weighted by Crippen LogP contribution is 2.23. The third-order valence-corrected chi connectivity index (χ3v) is 2.62. The Kier molecular flexibility index (Phi) is 3.90. The second-order valence-electron chi connectivity index (χ2n) is 3.09. The normalized spacial score (nSPS) is 12.9. The van der Waals surface area contributed by atoms with Crippen molar-refractivity contribution in [3.8, 4) is 0 Å². The molecule has 0 aromatic heterocycles. The molecular weight excluding hydrogens is 230 g/mol. The third kappa shape index (κ3) is 2.79. The van der Waals surface area contributed by atoms with Crippen LogP contribution in [0.25, 0.3) is 0 Å². The summed E-state index contributed by atoms with van der Waals surface area (Å²) in [5.74, 6) is 0. The van der Waals surface area contributed by atoms with Crippen LogP contribution >= 0.6 is 15.9 Å². The largest absolute Gasteiger partial charge is 0.383 e. The van der Waals surface area contributed by atoms with Crippen LogP contribution in [0.1, 0.15) is 17.2 Å². The van der Waals surface area contributed by atoms with Crippen LogP contribution in [0, 0.1) is 6.92 Å². The summed E-state index contributed by atoms with van der Waals surface area (Å²) in [7, 11) is 1.66. The van der Waals surface area contributed by atoms with Crippen LogP contribution in [0.3, 0.4) is 0 Å². The molecule has 2 nitrogen and oxygen atoms in total. The molecule has 0 saturated carbocycles. The zero-order valence-electron chi connectivity index (χ0n) is 7.88. The summed E-state index contributed by atoms with van der Waals surface area (Å²) >= 11 is 3.47. The quantitative estimate of drug-likeness (QED) is 0.886. The van der Waals surface area contributed by atoms with E-state index in [1.165, 1.54) is 5.56 Å². The molecule has 0 bridgehead atoms. The van der Waals surface area contributed by atoms with E-state index in [1.807, 2.05) is 12.1 Å². The SMILES string of the molecule is COCC(N)c1cc(C)ccc1Br. The summed E-state index contributed by atoms with van der Waals surface area (Å²) in [5, 5.41) is 0. The van der Waals surface area contributed by atoms with Gasteiger partial charge in [0, 0.05) is 11.6 Å². The maximum absolute atomic E-state index is 5.92. The van der Waals surface area contributed by atoms with E-state index >= 15 is 0 Å². The van der Waals surface area contributed by atoms with Gasteiger partial charge in [-0.1, -0.05) is 33.6 Å². The van der Waals surface area contributed by atoms with E-state index in [0.29, 0.717) is 6.61 Å². The summed E-state index contributed by atoms with van der Waals surface area (Å²) in [6.45, 7) is 2.59. The van der Waals surface area contributed by atoms with Crippen LogP contribution in [0.5, 0.6) is 0 Å². The molecule has 0 amide bonds. The molecule has 1 rings (SSSR count). The first-order chi connectivity index (χ1) is 6.15. The zero-order valence-corrected chi connectivity index (χ0v) is 9.47. The van der Waals surface area contributed by atoms with Gasteiger partial charge in [-0.2, -0.15) is 0 Å². The number of ether oxygens (including phenoxy) is 1. The molecule has 13 heavy (non-hydrogen) atoms. The van der Waals surface area contributed by atoms with Gasteiger partial charge in [0.2, 0.25) is 0 Å². The van der Waals surface area contributed by atoms with Gasteiger partial charge in [-0.15, -0.1) is 0 Å². The number of nitrogens with two attached hydrogens (primary N) is 1. The van der Waals surface area contributed by atoms with E-state index in [1.54, 1.807) is 7.11 Å². The van der Waals surface area contributed by atoms with Crippen LogP contribution < -0.4 is 5.73 Å². The number of halogens is 1. The predicted molar refractivity (Wildman–Crippen MR) is 57.7 cm³/mol. The fourth-order valence-corrected chi connectivity index (χ4v) is 1.76. The van der Waals surface area contributed by atoms with Gasteiger partial charge in [0.15, 0.2) is 0 Å². The Labute approximate surface area is 87.2 Å². The van der Waals surface area contributed by atoms with Crippen molar-refractivity contribution in [3.05, 3.63) is 33.8 Å². The second-order valence-corrected chi connectivity index (χ2v) is 3.94. The van der Waals surface area contributed by atoms with E-state index in [-0.39, 0.29) is 6.04 Å². The smallest absolute Gasteiger partial charge is 0.0655 e. The lowest BCUT2D eigenvalue weighted by Gasteiger charge is -2.13. The molecule has 0 saturated heterocycles. The topological polar surface area (TPSA) is 35.2 Å². The number of hydrogen-bond donors (Lipinski definition) is 1. The number of benzene rings is 1. The highest BCUT2D eigenvalue weighted by Gasteiger charge is 2.09. The lowest BCUT2D eigenvalue weighted by atomic mass is 10.1. The Bertz CT molecular complexity index is 288. The number of methoxy groups -OCH3 is 1. The van der Waals surface area contributed by atoms with Crippen LogP contribution in [0.2, 0.25) is 0 Å². The van der Waals surface area contributed by atoms with E-state index in [0.717, 1.165) is 10.0 Å². The monoisotopic (exact) mass is 243 g/mol. The van der Waals surface area contributed by atoms with Crippen molar-refractivity contribution >= 4 is 15.9 Å². The second kappa shape index (κ2) is 4.74. The summed E-state index contributed by atoms with van der Waals surface area (Å²) in [4.78, 5) is 0. The van der Waals surface area contributed by atoms with Crippen LogP contribution in [0.4, 0.5) is 0 Å². The van der Waals surface area contributed by atoms with Gasteiger partial charge in [0.25, 0.3) is 0 Å². The molecule has 0 fully saturated rings. The van der Waals surface area contributed by atoms with E-state index in [2.05, 4.69) is 28.9 Å². The summed E-state index contributed by atoms with van der Waals surface area (Å²) < 4.78 is 6.05. The Balaban J connectivity index is 2.91. The first-order valence-corrected chi connectivity index (χ1v) is 4.95. The van der Waals surface area contributed by atoms with Gasteiger partial charge in [-0.05, 0) is 18.6 Å². The molecule has 0 aliphatic rings. The van der Waals surface area contributed by atoms with Crippen LogP contribution in [-0.2, 0) is 4.74 Å². The van der Waals surface area contributed by atoms with Crippen molar-refractivity contribution < 1.29 is 4.74 Å². The van der Waals surface area contributed by atoms with Crippen molar-refractivity contribution in [1.29, 1.82) is 0 Å². The van der Waals surface area contributed by atoms with E-state index in [4.69, 9.17) is 10.5 Å². The van der Waals surface area contributed by atoms with Gasteiger partial charge >= 0.3 is 0 Å². The fraction of sp³-hybridized carbons (Fsp3) is 0.400. The molecule has 2 N–H and O–H groups in total. The Morgan fingerprint density at radius 3 is 2.85 bits per heavy atom. The lowest BCUT2D eigenvalue weighted by molar-refractivity contribution is 0.180. The summed E-state index contributed by atoms with van der Waals surface area (Å²) in [6.07, 6.45) is 0. The Morgan fingerprint density at radius 1 is 1.54 bits per heavy atom. The molecular formula is C10H14BrNO. The molecule has 72 valence electrons. The molecule has 0 aliphatic carbocycles. The minimum atomic E-state index is -0.0562. The molecule has 0 aliphatic heterocycles. The highest BCUT2D eigenvalue weighted by atomic mass is 79.9. The van der Waals surface area contributed by atoms with E-state index in [9.17, 15) is 0 Å². The summed E-state index contributed by atoms with van der Waals surface area (Å²) in [5.41, 5.74) is 8.23. The van der Waals surface area contributed by atoms with Gasteiger partial charge in [0.05, 0.1) is 12.6 Å². The Hall–Kier alpha value is -0.380. The van der Waals surface area contributed by atoms with Gasteiger partial charge < -0.3 is 10.5 Å².